The summed E-state index contributed by atoms with van der Waals surface area (Å²) in [5.74, 6) is -1.62. The molecule has 0 bridgehead atoms. The van der Waals surface area contributed by atoms with Crippen molar-refractivity contribution in [2.24, 2.45) is 0 Å². The maximum atomic E-state index is 10.8. The van der Waals surface area contributed by atoms with Gasteiger partial charge >= 0.3 is 11.9 Å². The fraction of sp³-hybridized carbons (Fsp3) is 0.125. The molecule has 2 N–H and O–H groups in total. The Hall–Kier alpha value is -2.11. The van der Waals surface area contributed by atoms with Gasteiger partial charge in [-0.2, -0.15) is 0 Å². The van der Waals surface area contributed by atoms with Crippen molar-refractivity contribution in [1.82, 2.24) is 4.98 Å². The SMILES string of the molecule is O=C1CNc2ccc(C(=O)O)nc2O1. The molecule has 0 saturated carbocycles. The third kappa shape index (κ3) is 1.37. The summed E-state index contributed by atoms with van der Waals surface area (Å²) in [7, 11) is 0. The lowest BCUT2D eigenvalue weighted by Gasteiger charge is -2.15. The first-order chi connectivity index (χ1) is 6.66. The molecule has 2 rings (SSSR count). The molecule has 2 heterocycles. The first kappa shape index (κ1) is 8.49. The van der Waals surface area contributed by atoms with E-state index in [0.29, 0.717) is 5.69 Å². The quantitative estimate of drug-likeness (QED) is 0.617. The molecule has 6 heteroatoms. The van der Waals surface area contributed by atoms with Gasteiger partial charge in [0.25, 0.3) is 0 Å². The summed E-state index contributed by atoms with van der Waals surface area (Å²) in [4.78, 5) is 25.0. The fourth-order valence-corrected chi connectivity index (χ4v) is 1.08. The Labute approximate surface area is 78.5 Å². The number of ether oxygens (including phenoxy) is 1. The van der Waals surface area contributed by atoms with Gasteiger partial charge in [-0.1, -0.05) is 0 Å². The van der Waals surface area contributed by atoms with Gasteiger partial charge < -0.3 is 15.2 Å². The highest BCUT2D eigenvalue weighted by Gasteiger charge is 2.19. The molecule has 6 nitrogen and oxygen atoms in total. The minimum absolute atomic E-state index is 0.0150. The molecule has 0 aliphatic carbocycles. The largest absolute Gasteiger partial charge is 0.477 e. The van der Waals surface area contributed by atoms with Crippen LogP contribution in [0.5, 0.6) is 5.88 Å². The van der Waals surface area contributed by atoms with Gasteiger partial charge in [0.15, 0.2) is 5.69 Å². The van der Waals surface area contributed by atoms with Crippen LogP contribution in [0.3, 0.4) is 0 Å². The predicted molar refractivity (Wildman–Crippen MR) is 45.3 cm³/mol. The van der Waals surface area contributed by atoms with Crippen LogP contribution in [-0.2, 0) is 4.79 Å². The second kappa shape index (κ2) is 2.99. The average molecular weight is 194 g/mol. The van der Waals surface area contributed by atoms with Gasteiger partial charge in [0, 0.05) is 0 Å². The zero-order chi connectivity index (χ0) is 10.1. The van der Waals surface area contributed by atoms with E-state index >= 15 is 0 Å². The Kier molecular flexibility index (Phi) is 1.81. The molecule has 1 aliphatic heterocycles. The van der Waals surface area contributed by atoms with Gasteiger partial charge in [-0.05, 0) is 12.1 Å². The number of hydrogen-bond donors (Lipinski definition) is 2. The molecular formula is C8H6N2O4. The monoisotopic (exact) mass is 194 g/mol. The number of nitrogens with one attached hydrogen (secondary N) is 1. The number of carboxylic acid groups (broad SMARTS) is 1. The number of aromatic nitrogens is 1. The zero-order valence-electron chi connectivity index (χ0n) is 6.98. The Bertz CT molecular complexity index is 416. The molecule has 0 fully saturated rings. The number of carboxylic acids is 1. The second-order valence-electron chi connectivity index (χ2n) is 2.68. The molecule has 0 unspecified atom stereocenters. The van der Waals surface area contributed by atoms with Crippen molar-refractivity contribution in [2.75, 3.05) is 11.9 Å². The number of rotatable bonds is 1. The third-order valence-corrected chi connectivity index (χ3v) is 1.71. The van der Waals surface area contributed by atoms with Crippen LogP contribution in [0.25, 0.3) is 0 Å². The number of pyridine rings is 1. The van der Waals surface area contributed by atoms with Crippen LogP contribution in [0, 0.1) is 0 Å². The van der Waals surface area contributed by atoms with E-state index in [9.17, 15) is 9.59 Å². The van der Waals surface area contributed by atoms with Crippen LogP contribution in [0.4, 0.5) is 5.69 Å². The van der Waals surface area contributed by atoms with Crippen LogP contribution in [0.1, 0.15) is 10.5 Å². The molecule has 0 spiro atoms. The van der Waals surface area contributed by atoms with Crippen molar-refractivity contribution in [1.29, 1.82) is 0 Å². The Morgan fingerprint density at radius 2 is 2.36 bits per heavy atom. The molecule has 72 valence electrons. The summed E-state index contributed by atoms with van der Waals surface area (Å²) >= 11 is 0. The lowest BCUT2D eigenvalue weighted by molar-refractivity contribution is -0.133. The molecule has 0 radical (unpaired) electrons. The predicted octanol–water partition coefficient (Wildman–Crippen LogP) is 0.111. The number of carbonyl (C=O) groups excluding carboxylic acids is 1. The highest BCUT2D eigenvalue weighted by Crippen LogP contribution is 2.24. The van der Waals surface area contributed by atoms with Gasteiger partial charge in [-0.25, -0.2) is 14.6 Å². The van der Waals surface area contributed by atoms with Gasteiger partial charge in [-0.3, -0.25) is 0 Å². The van der Waals surface area contributed by atoms with E-state index in [2.05, 4.69) is 10.3 Å². The second-order valence-corrected chi connectivity index (χ2v) is 2.68. The molecule has 1 aromatic heterocycles. The highest BCUT2D eigenvalue weighted by molar-refractivity contribution is 5.88. The first-order valence-electron chi connectivity index (χ1n) is 3.86. The molecule has 0 atom stereocenters. The molecule has 1 aromatic rings. The van der Waals surface area contributed by atoms with E-state index in [1.807, 2.05) is 0 Å². The standard InChI is InChI=1S/C8H6N2O4/c11-6-3-9-4-1-2-5(8(12)13)10-7(4)14-6/h1-2,9H,3H2,(H,12,13). The number of carbonyl (C=O) groups is 2. The smallest absolute Gasteiger partial charge is 0.354 e. The van der Waals surface area contributed by atoms with Crippen molar-refractivity contribution >= 4 is 17.6 Å². The molecule has 0 saturated heterocycles. The summed E-state index contributed by atoms with van der Waals surface area (Å²) in [6.07, 6.45) is 0. The summed E-state index contributed by atoms with van der Waals surface area (Å²) in [5.41, 5.74) is 0.370. The number of aromatic carboxylic acids is 1. The normalized spacial score (nSPS) is 13.9. The Morgan fingerprint density at radius 3 is 3.07 bits per heavy atom. The summed E-state index contributed by atoms with van der Waals surface area (Å²) in [6, 6.07) is 2.85. The van der Waals surface area contributed by atoms with Gasteiger partial charge in [0.2, 0.25) is 5.88 Å². The lowest BCUT2D eigenvalue weighted by Crippen LogP contribution is -2.26. The number of hydrogen-bond acceptors (Lipinski definition) is 5. The maximum absolute atomic E-state index is 10.8. The lowest BCUT2D eigenvalue weighted by atomic mass is 10.3. The fourth-order valence-electron chi connectivity index (χ4n) is 1.08. The summed E-state index contributed by atoms with van der Waals surface area (Å²) < 4.78 is 4.75. The van der Waals surface area contributed by atoms with Gasteiger partial charge in [-0.15, -0.1) is 0 Å². The summed E-state index contributed by atoms with van der Waals surface area (Å²) in [6.45, 7) is 0.0705. The van der Waals surface area contributed by atoms with E-state index in [1.165, 1.54) is 12.1 Å². The van der Waals surface area contributed by atoms with Crippen molar-refractivity contribution < 1.29 is 19.4 Å². The van der Waals surface area contributed by atoms with Crippen molar-refractivity contribution in [2.45, 2.75) is 0 Å². The van der Waals surface area contributed by atoms with Gasteiger partial charge in [0.1, 0.15) is 6.54 Å². The van der Waals surface area contributed by atoms with Crippen LogP contribution in [0.15, 0.2) is 12.1 Å². The average Bonchev–Trinajstić information content (AvgIpc) is 2.16. The minimum Gasteiger partial charge on any atom is -0.477 e. The molecule has 0 amide bonds. The van der Waals surface area contributed by atoms with E-state index in [-0.39, 0.29) is 18.1 Å². The van der Waals surface area contributed by atoms with Crippen LogP contribution in [0.2, 0.25) is 0 Å². The first-order valence-corrected chi connectivity index (χ1v) is 3.86. The molecular weight excluding hydrogens is 188 g/mol. The Balaban J connectivity index is 2.42. The van der Waals surface area contributed by atoms with E-state index in [4.69, 9.17) is 9.84 Å². The zero-order valence-corrected chi connectivity index (χ0v) is 6.98. The number of fused-ring (bicyclic) bond motifs is 1. The van der Waals surface area contributed by atoms with Crippen LogP contribution < -0.4 is 10.1 Å². The Morgan fingerprint density at radius 1 is 1.57 bits per heavy atom. The van der Waals surface area contributed by atoms with Gasteiger partial charge in [0.05, 0.1) is 5.69 Å². The number of nitrogens with zero attached hydrogens (tertiary/aromatic N) is 1. The van der Waals surface area contributed by atoms with Crippen LogP contribution in [-0.4, -0.2) is 28.6 Å². The number of anilines is 1. The summed E-state index contributed by atoms with van der Waals surface area (Å²) in [5, 5.41) is 11.4. The minimum atomic E-state index is -1.16. The third-order valence-electron chi connectivity index (χ3n) is 1.71. The van der Waals surface area contributed by atoms with Crippen molar-refractivity contribution in [3.8, 4) is 5.88 Å². The topological polar surface area (TPSA) is 88.5 Å². The molecule has 0 aromatic carbocycles. The molecule has 1 aliphatic rings. The van der Waals surface area contributed by atoms with E-state index in [1.54, 1.807) is 0 Å². The van der Waals surface area contributed by atoms with E-state index in [0.717, 1.165) is 0 Å². The van der Waals surface area contributed by atoms with Crippen molar-refractivity contribution in [3.63, 3.8) is 0 Å². The van der Waals surface area contributed by atoms with Crippen LogP contribution >= 0.6 is 0 Å². The maximum Gasteiger partial charge on any atom is 0.354 e. The molecule has 14 heavy (non-hydrogen) atoms. The van der Waals surface area contributed by atoms with E-state index < -0.39 is 11.9 Å². The highest BCUT2D eigenvalue weighted by atomic mass is 16.5. The van der Waals surface area contributed by atoms with Crippen molar-refractivity contribution in [3.05, 3.63) is 17.8 Å². The number of esters is 1.